The Hall–Kier alpha value is -0.740. The van der Waals surface area contributed by atoms with E-state index >= 15 is 0 Å². The first-order valence-electron chi connectivity index (χ1n) is 6.94. The number of methoxy groups -OCH3 is 1. The van der Waals surface area contributed by atoms with Crippen molar-refractivity contribution in [1.29, 1.82) is 0 Å². The highest BCUT2D eigenvalue weighted by Crippen LogP contribution is 2.39. The molecule has 1 aromatic rings. The van der Waals surface area contributed by atoms with E-state index in [-0.39, 0.29) is 0 Å². The average Bonchev–Trinajstić information content (AvgIpc) is 3.23. The molecule has 0 saturated heterocycles. The van der Waals surface area contributed by atoms with Gasteiger partial charge in [0.05, 0.1) is 13.7 Å². The predicted octanol–water partition coefficient (Wildman–Crippen LogP) is 3.53. The fourth-order valence-corrected chi connectivity index (χ4v) is 2.58. The minimum atomic E-state index is 0.736. The molecule has 4 heteroatoms. The molecule has 0 spiro atoms. The zero-order valence-electron chi connectivity index (χ0n) is 11.5. The summed E-state index contributed by atoms with van der Waals surface area (Å²) < 4.78 is 12.5. The molecule has 0 radical (unpaired) electrons. The molecule has 0 amide bonds. The Morgan fingerprint density at radius 2 is 2.11 bits per heavy atom. The van der Waals surface area contributed by atoms with Gasteiger partial charge in [-0.1, -0.05) is 15.9 Å². The Morgan fingerprint density at radius 3 is 2.74 bits per heavy atom. The van der Waals surface area contributed by atoms with E-state index in [0.29, 0.717) is 0 Å². The van der Waals surface area contributed by atoms with Crippen molar-refractivity contribution in [3.8, 4) is 11.5 Å². The van der Waals surface area contributed by atoms with E-state index in [0.717, 1.165) is 54.3 Å². The molecule has 1 saturated carbocycles. The number of halogens is 1. The van der Waals surface area contributed by atoms with Crippen molar-refractivity contribution in [1.82, 2.24) is 0 Å². The Morgan fingerprint density at radius 1 is 1.32 bits per heavy atom. The van der Waals surface area contributed by atoms with Crippen LogP contribution in [0.5, 0.6) is 11.5 Å². The number of hydrogen-bond donors (Lipinski definition) is 1. The lowest BCUT2D eigenvalue weighted by Crippen LogP contribution is -2.05. The second-order valence-corrected chi connectivity index (χ2v) is 5.91. The maximum absolute atomic E-state index is 6.01. The standard InChI is InChI=1S/C15H22BrNO2/c1-18-14-8-7-13(16)12(4-2-3-9-17)15(14)19-10-11-5-6-11/h7-8,11H,2-6,9-10,17H2,1H3. The Kier molecular flexibility index (Phi) is 5.52. The molecule has 19 heavy (non-hydrogen) atoms. The van der Waals surface area contributed by atoms with Crippen molar-refractivity contribution >= 4 is 15.9 Å². The highest BCUT2D eigenvalue weighted by molar-refractivity contribution is 9.10. The lowest BCUT2D eigenvalue weighted by atomic mass is 10.1. The van der Waals surface area contributed by atoms with Crippen LogP contribution < -0.4 is 15.2 Å². The Balaban J connectivity index is 2.14. The first-order valence-corrected chi connectivity index (χ1v) is 7.73. The van der Waals surface area contributed by atoms with Crippen molar-refractivity contribution in [2.24, 2.45) is 11.7 Å². The first kappa shape index (κ1) is 14.7. The zero-order valence-corrected chi connectivity index (χ0v) is 13.0. The normalized spacial score (nSPS) is 14.5. The summed E-state index contributed by atoms with van der Waals surface area (Å²) in [5.41, 5.74) is 6.77. The number of nitrogens with two attached hydrogens (primary N) is 1. The summed E-state index contributed by atoms with van der Waals surface area (Å²) in [6, 6.07) is 3.99. The molecule has 0 bridgehead atoms. The van der Waals surface area contributed by atoms with E-state index in [4.69, 9.17) is 15.2 Å². The number of ether oxygens (including phenoxy) is 2. The van der Waals surface area contributed by atoms with E-state index in [1.54, 1.807) is 7.11 Å². The monoisotopic (exact) mass is 327 g/mol. The van der Waals surface area contributed by atoms with Crippen LogP contribution in [0.25, 0.3) is 0 Å². The van der Waals surface area contributed by atoms with Crippen molar-refractivity contribution in [2.45, 2.75) is 32.1 Å². The largest absolute Gasteiger partial charge is 0.493 e. The van der Waals surface area contributed by atoms with Gasteiger partial charge in [0, 0.05) is 10.0 Å². The number of benzene rings is 1. The molecule has 1 aliphatic carbocycles. The minimum absolute atomic E-state index is 0.736. The maximum Gasteiger partial charge on any atom is 0.165 e. The number of hydrogen-bond acceptors (Lipinski definition) is 3. The lowest BCUT2D eigenvalue weighted by molar-refractivity contribution is 0.277. The van der Waals surface area contributed by atoms with Crippen LogP contribution in [0.3, 0.4) is 0 Å². The zero-order chi connectivity index (χ0) is 13.7. The van der Waals surface area contributed by atoms with Gasteiger partial charge in [0.2, 0.25) is 0 Å². The summed E-state index contributed by atoms with van der Waals surface area (Å²) >= 11 is 3.62. The van der Waals surface area contributed by atoms with Crippen LogP contribution in [0.1, 0.15) is 31.2 Å². The lowest BCUT2D eigenvalue weighted by Gasteiger charge is -2.16. The van der Waals surface area contributed by atoms with Crippen LogP contribution in [0, 0.1) is 5.92 Å². The molecule has 0 unspecified atom stereocenters. The number of unbranched alkanes of at least 4 members (excludes halogenated alkanes) is 1. The minimum Gasteiger partial charge on any atom is -0.493 e. The van der Waals surface area contributed by atoms with Crippen molar-refractivity contribution in [3.05, 3.63) is 22.2 Å². The SMILES string of the molecule is COc1ccc(Br)c(CCCCN)c1OCC1CC1. The molecule has 1 aliphatic rings. The molecule has 3 nitrogen and oxygen atoms in total. The van der Waals surface area contributed by atoms with Crippen molar-refractivity contribution in [3.63, 3.8) is 0 Å². The third-order valence-electron chi connectivity index (χ3n) is 3.43. The summed E-state index contributed by atoms with van der Waals surface area (Å²) in [5, 5.41) is 0. The van der Waals surface area contributed by atoms with Crippen molar-refractivity contribution < 1.29 is 9.47 Å². The fraction of sp³-hybridized carbons (Fsp3) is 0.600. The van der Waals surface area contributed by atoms with Gasteiger partial charge in [0.15, 0.2) is 11.5 Å². The molecular weight excluding hydrogens is 306 g/mol. The molecule has 0 aliphatic heterocycles. The molecule has 1 aromatic carbocycles. The van der Waals surface area contributed by atoms with Crippen molar-refractivity contribution in [2.75, 3.05) is 20.3 Å². The molecular formula is C15H22BrNO2. The highest BCUT2D eigenvalue weighted by atomic mass is 79.9. The van der Waals surface area contributed by atoms with Gasteiger partial charge in [-0.3, -0.25) is 0 Å². The van der Waals surface area contributed by atoms with Crippen LogP contribution in [-0.4, -0.2) is 20.3 Å². The van der Waals surface area contributed by atoms with E-state index in [1.165, 1.54) is 18.4 Å². The van der Waals surface area contributed by atoms with E-state index in [2.05, 4.69) is 15.9 Å². The maximum atomic E-state index is 6.01. The molecule has 1 fully saturated rings. The van der Waals surface area contributed by atoms with Gasteiger partial charge in [-0.25, -0.2) is 0 Å². The van der Waals surface area contributed by atoms with Gasteiger partial charge in [-0.15, -0.1) is 0 Å². The first-order chi connectivity index (χ1) is 9.26. The van der Waals surface area contributed by atoms with Gasteiger partial charge in [0.25, 0.3) is 0 Å². The number of rotatable bonds is 8. The molecule has 0 atom stereocenters. The molecule has 0 heterocycles. The molecule has 2 N–H and O–H groups in total. The van der Waals surface area contributed by atoms with E-state index in [9.17, 15) is 0 Å². The third-order valence-corrected chi connectivity index (χ3v) is 4.17. The highest BCUT2D eigenvalue weighted by Gasteiger charge is 2.23. The average molecular weight is 328 g/mol. The van der Waals surface area contributed by atoms with Gasteiger partial charge in [-0.05, 0) is 56.7 Å². The summed E-state index contributed by atoms with van der Waals surface area (Å²) in [5.74, 6) is 2.47. The van der Waals surface area contributed by atoms with Gasteiger partial charge >= 0.3 is 0 Å². The predicted molar refractivity (Wildman–Crippen MR) is 80.9 cm³/mol. The second-order valence-electron chi connectivity index (χ2n) is 5.06. The van der Waals surface area contributed by atoms with Crippen LogP contribution >= 0.6 is 15.9 Å². The second kappa shape index (κ2) is 7.15. The fourth-order valence-electron chi connectivity index (χ4n) is 2.07. The summed E-state index contributed by atoms with van der Waals surface area (Å²) in [6.45, 7) is 1.54. The summed E-state index contributed by atoms with van der Waals surface area (Å²) in [7, 11) is 1.69. The topological polar surface area (TPSA) is 44.5 Å². The quantitative estimate of drug-likeness (QED) is 0.743. The molecule has 2 rings (SSSR count). The van der Waals surface area contributed by atoms with Gasteiger partial charge in [-0.2, -0.15) is 0 Å². The van der Waals surface area contributed by atoms with Crippen LogP contribution in [0.4, 0.5) is 0 Å². The van der Waals surface area contributed by atoms with Crippen LogP contribution in [0.2, 0.25) is 0 Å². The Labute approximate surface area is 123 Å². The van der Waals surface area contributed by atoms with E-state index in [1.807, 2.05) is 12.1 Å². The molecule has 106 valence electrons. The van der Waals surface area contributed by atoms with Crippen LogP contribution in [0.15, 0.2) is 16.6 Å². The molecule has 0 aromatic heterocycles. The summed E-state index contributed by atoms with van der Waals surface area (Å²) in [6.07, 6.45) is 5.65. The Bertz CT molecular complexity index is 419. The smallest absolute Gasteiger partial charge is 0.165 e. The van der Waals surface area contributed by atoms with Gasteiger partial charge in [0.1, 0.15) is 0 Å². The third kappa shape index (κ3) is 4.11. The summed E-state index contributed by atoms with van der Waals surface area (Å²) in [4.78, 5) is 0. The van der Waals surface area contributed by atoms with E-state index < -0.39 is 0 Å². The van der Waals surface area contributed by atoms with Gasteiger partial charge < -0.3 is 15.2 Å². The van der Waals surface area contributed by atoms with Crippen LogP contribution in [-0.2, 0) is 6.42 Å².